The van der Waals surface area contributed by atoms with Crippen molar-refractivity contribution in [3.8, 4) is 0 Å². The monoisotopic (exact) mass is 204 g/mol. The molecule has 0 amide bonds. The molecule has 0 aromatic rings. The first kappa shape index (κ1) is 13.8. The van der Waals surface area contributed by atoms with Crippen molar-refractivity contribution in [2.75, 3.05) is 13.7 Å². The fraction of sp³-hybridized carbons (Fsp3) is 1.00. The molecule has 0 radical (unpaired) electrons. The summed E-state index contributed by atoms with van der Waals surface area (Å²) in [5.41, 5.74) is 2.74. The summed E-state index contributed by atoms with van der Waals surface area (Å²) in [7, 11) is 1.70. The summed E-state index contributed by atoms with van der Waals surface area (Å²) in [5, 5.41) is 0. The number of hydrogen-bond donors (Lipinski definition) is 2. The zero-order chi connectivity index (χ0) is 11.1. The molecule has 0 aliphatic rings. The minimum Gasteiger partial charge on any atom is -0.379 e. The van der Waals surface area contributed by atoms with E-state index in [0.717, 1.165) is 0 Å². The Bertz CT molecular complexity index is 140. The highest BCUT2D eigenvalue weighted by atomic mass is 16.5. The third-order valence-electron chi connectivity index (χ3n) is 2.15. The molecule has 3 N–H and O–H groups in total. The van der Waals surface area contributed by atoms with Crippen LogP contribution in [0.3, 0.4) is 0 Å². The third kappa shape index (κ3) is 4.91. The lowest BCUT2D eigenvalue weighted by Crippen LogP contribution is -2.50. The summed E-state index contributed by atoms with van der Waals surface area (Å²) < 4.78 is 10.9. The van der Waals surface area contributed by atoms with E-state index in [2.05, 4.69) is 19.3 Å². The van der Waals surface area contributed by atoms with Gasteiger partial charge in [-0.15, -0.1) is 0 Å². The first-order valence-electron chi connectivity index (χ1n) is 5.13. The molecule has 4 nitrogen and oxygen atoms in total. The van der Waals surface area contributed by atoms with Crippen molar-refractivity contribution in [1.82, 2.24) is 5.43 Å². The Hall–Kier alpha value is -0.160. The Morgan fingerprint density at radius 1 is 1.21 bits per heavy atom. The predicted octanol–water partition coefficient (Wildman–Crippen LogP) is 0.914. The van der Waals surface area contributed by atoms with Gasteiger partial charge in [-0.1, -0.05) is 13.8 Å². The van der Waals surface area contributed by atoms with Crippen LogP contribution in [0.5, 0.6) is 0 Å². The van der Waals surface area contributed by atoms with Crippen LogP contribution >= 0.6 is 0 Å². The van der Waals surface area contributed by atoms with Crippen LogP contribution in [0.15, 0.2) is 0 Å². The van der Waals surface area contributed by atoms with E-state index in [1.165, 1.54) is 0 Å². The Balaban J connectivity index is 4.08. The lowest BCUT2D eigenvalue weighted by Gasteiger charge is -2.28. The number of rotatable bonds is 7. The molecule has 86 valence electrons. The number of nitrogens with one attached hydrogen (secondary N) is 1. The molecule has 2 atom stereocenters. The third-order valence-corrected chi connectivity index (χ3v) is 2.15. The maximum absolute atomic E-state index is 5.51. The number of hydrazine groups is 1. The molecule has 0 aliphatic carbocycles. The van der Waals surface area contributed by atoms with Gasteiger partial charge in [-0.3, -0.25) is 11.3 Å². The molecule has 14 heavy (non-hydrogen) atoms. The van der Waals surface area contributed by atoms with Gasteiger partial charge in [0.1, 0.15) is 0 Å². The van der Waals surface area contributed by atoms with Gasteiger partial charge in [-0.05, 0) is 19.8 Å². The van der Waals surface area contributed by atoms with Gasteiger partial charge >= 0.3 is 0 Å². The second-order valence-corrected chi connectivity index (χ2v) is 4.10. The number of nitrogens with two attached hydrogens (primary N) is 1. The quantitative estimate of drug-likeness (QED) is 0.478. The molecule has 0 rings (SSSR count). The normalized spacial score (nSPS) is 16.3. The minimum absolute atomic E-state index is 0.0439. The Labute approximate surface area is 87.1 Å². The second kappa shape index (κ2) is 7.17. The minimum atomic E-state index is 0.0439. The molecule has 0 bridgehead atoms. The van der Waals surface area contributed by atoms with Gasteiger partial charge in [0.05, 0.1) is 24.9 Å². The van der Waals surface area contributed by atoms with Crippen molar-refractivity contribution < 1.29 is 9.47 Å². The van der Waals surface area contributed by atoms with Crippen LogP contribution in [0.1, 0.15) is 27.7 Å². The van der Waals surface area contributed by atoms with Gasteiger partial charge < -0.3 is 9.47 Å². The molecule has 0 saturated carbocycles. The molecule has 2 unspecified atom stereocenters. The van der Waals surface area contributed by atoms with E-state index in [0.29, 0.717) is 12.5 Å². The summed E-state index contributed by atoms with van der Waals surface area (Å²) in [4.78, 5) is 0. The van der Waals surface area contributed by atoms with E-state index < -0.39 is 0 Å². The van der Waals surface area contributed by atoms with Crippen molar-refractivity contribution in [3.05, 3.63) is 0 Å². The molecule has 0 saturated heterocycles. The average molecular weight is 204 g/mol. The fourth-order valence-electron chi connectivity index (χ4n) is 1.43. The van der Waals surface area contributed by atoms with E-state index in [-0.39, 0.29) is 18.2 Å². The lowest BCUT2D eigenvalue weighted by atomic mass is 10.0. The van der Waals surface area contributed by atoms with Crippen LogP contribution in [0.25, 0.3) is 0 Å². The predicted molar refractivity (Wildman–Crippen MR) is 57.8 cm³/mol. The summed E-state index contributed by atoms with van der Waals surface area (Å²) in [6.07, 6.45) is 0.300. The average Bonchev–Trinajstić information content (AvgIpc) is 2.10. The van der Waals surface area contributed by atoms with Gasteiger partial charge in [-0.2, -0.15) is 0 Å². The second-order valence-electron chi connectivity index (χ2n) is 4.10. The number of hydrogen-bond acceptors (Lipinski definition) is 4. The van der Waals surface area contributed by atoms with E-state index in [1.54, 1.807) is 7.11 Å². The van der Waals surface area contributed by atoms with Crippen LogP contribution in [0.4, 0.5) is 0 Å². The fourth-order valence-corrected chi connectivity index (χ4v) is 1.43. The van der Waals surface area contributed by atoms with Gasteiger partial charge in [0.15, 0.2) is 0 Å². The van der Waals surface area contributed by atoms with Gasteiger partial charge in [0, 0.05) is 7.11 Å². The smallest absolute Gasteiger partial charge is 0.0783 e. The van der Waals surface area contributed by atoms with Crippen LogP contribution < -0.4 is 11.3 Å². The molecule has 4 heteroatoms. The highest BCUT2D eigenvalue weighted by molar-refractivity contribution is 4.77. The molecule has 0 heterocycles. The van der Waals surface area contributed by atoms with Gasteiger partial charge in [0.25, 0.3) is 0 Å². The highest BCUT2D eigenvalue weighted by Gasteiger charge is 2.23. The zero-order valence-electron chi connectivity index (χ0n) is 9.91. The van der Waals surface area contributed by atoms with Crippen molar-refractivity contribution in [3.63, 3.8) is 0 Å². The van der Waals surface area contributed by atoms with E-state index in [9.17, 15) is 0 Å². The van der Waals surface area contributed by atoms with Gasteiger partial charge in [0.2, 0.25) is 0 Å². The van der Waals surface area contributed by atoms with Gasteiger partial charge in [-0.25, -0.2) is 0 Å². The first-order valence-corrected chi connectivity index (χ1v) is 5.13. The topological polar surface area (TPSA) is 56.5 Å². The van der Waals surface area contributed by atoms with Crippen molar-refractivity contribution in [1.29, 1.82) is 0 Å². The van der Waals surface area contributed by atoms with E-state index >= 15 is 0 Å². The van der Waals surface area contributed by atoms with Crippen LogP contribution in [0, 0.1) is 5.92 Å². The number of ether oxygens (including phenoxy) is 2. The SMILES string of the molecule is COC(C(C)C)C(COC(C)C)NN. The van der Waals surface area contributed by atoms with Crippen LogP contribution in [-0.4, -0.2) is 32.0 Å². The summed E-state index contributed by atoms with van der Waals surface area (Å²) in [6, 6.07) is 0.0439. The molecule has 0 fully saturated rings. The first-order chi connectivity index (χ1) is 6.52. The molecule has 0 aromatic heterocycles. The summed E-state index contributed by atoms with van der Waals surface area (Å²) in [5.74, 6) is 5.88. The Kier molecular flexibility index (Phi) is 7.09. The van der Waals surface area contributed by atoms with E-state index in [1.807, 2.05) is 13.8 Å². The summed E-state index contributed by atoms with van der Waals surface area (Å²) in [6.45, 7) is 8.79. The Morgan fingerprint density at radius 2 is 1.79 bits per heavy atom. The zero-order valence-corrected chi connectivity index (χ0v) is 9.91. The standard InChI is InChI=1S/C10H24N2O2/c1-7(2)10(13-5)9(12-11)6-14-8(3)4/h7-10,12H,6,11H2,1-5H3. The molecular weight excluding hydrogens is 180 g/mol. The molecule has 0 spiro atoms. The van der Waals surface area contributed by atoms with Crippen LogP contribution in [0.2, 0.25) is 0 Å². The molecule has 0 aromatic carbocycles. The maximum Gasteiger partial charge on any atom is 0.0783 e. The molecule has 0 aliphatic heterocycles. The number of methoxy groups -OCH3 is 1. The maximum atomic E-state index is 5.51. The highest BCUT2D eigenvalue weighted by Crippen LogP contribution is 2.10. The van der Waals surface area contributed by atoms with E-state index in [4.69, 9.17) is 15.3 Å². The summed E-state index contributed by atoms with van der Waals surface area (Å²) >= 11 is 0. The van der Waals surface area contributed by atoms with Crippen molar-refractivity contribution >= 4 is 0 Å². The lowest BCUT2D eigenvalue weighted by molar-refractivity contribution is -0.0169. The van der Waals surface area contributed by atoms with Crippen molar-refractivity contribution in [2.45, 2.75) is 45.9 Å². The Morgan fingerprint density at radius 3 is 2.07 bits per heavy atom. The van der Waals surface area contributed by atoms with Crippen LogP contribution in [-0.2, 0) is 9.47 Å². The van der Waals surface area contributed by atoms with Crippen molar-refractivity contribution in [2.24, 2.45) is 11.8 Å². The largest absolute Gasteiger partial charge is 0.379 e. The molecular formula is C10H24N2O2.